The summed E-state index contributed by atoms with van der Waals surface area (Å²) in [4.78, 5) is 14.2. The zero-order valence-electron chi connectivity index (χ0n) is 5.52. The normalized spacial score (nSPS) is 10.2. The summed E-state index contributed by atoms with van der Waals surface area (Å²) in [5.41, 5.74) is 3.13. The maximum absolute atomic E-state index is 10.1. The maximum atomic E-state index is 10.1. The standard InChI is InChI=1S/C7H4N2OS/c10-9-5-1-2-6-7(3-5)11-4-8-6/h1-4H. The van der Waals surface area contributed by atoms with Crippen LogP contribution in [0.2, 0.25) is 0 Å². The zero-order valence-corrected chi connectivity index (χ0v) is 6.34. The molecule has 4 heteroatoms. The molecule has 0 aliphatic carbocycles. The number of nitroso groups, excluding NO2 is 1. The van der Waals surface area contributed by atoms with Gasteiger partial charge >= 0.3 is 0 Å². The van der Waals surface area contributed by atoms with Crippen LogP contribution in [0, 0.1) is 4.91 Å². The van der Waals surface area contributed by atoms with E-state index in [0.29, 0.717) is 5.69 Å². The van der Waals surface area contributed by atoms with Gasteiger partial charge in [0.05, 0.1) is 15.7 Å². The summed E-state index contributed by atoms with van der Waals surface area (Å²) < 4.78 is 1.00. The zero-order chi connectivity index (χ0) is 7.68. The molecule has 1 aromatic carbocycles. The lowest BCUT2D eigenvalue weighted by atomic mass is 10.3. The Morgan fingerprint density at radius 2 is 2.36 bits per heavy atom. The quantitative estimate of drug-likeness (QED) is 0.608. The van der Waals surface area contributed by atoms with E-state index in [4.69, 9.17) is 0 Å². The number of hydrogen-bond donors (Lipinski definition) is 0. The fourth-order valence-electron chi connectivity index (χ4n) is 0.901. The third-order valence-electron chi connectivity index (χ3n) is 1.42. The van der Waals surface area contributed by atoms with Gasteiger partial charge in [0.25, 0.3) is 0 Å². The van der Waals surface area contributed by atoms with Crippen LogP contribution in [0.3, 0.4) is 0 Å². The molecule has 2 rings (SSSR count). The molecule has 0 aliphatic rings. The van der Waals surface area contributed by atoms with E-state index in [-0.39, 0.29) is 0 Å². The van der Waals surface area contributed by atoms with Crippen molar-refractivity contribution in [2.24, 2.45) is 5.18 Å². The first-order chi connectivity index (χ1) is 5.40. The van der Waals surface area contributed by atoms with Gasteiger partial charge in [0.1, 0.15) is 5.69 Å². The van der Waals surface area contributed by atoms with Gasteiger partial charge < -0.3 is 0 Å². The third-order valence-corrected chi connectivity index (χ3v) is 2.21. The number of aromatic nitrogens is 1. The second-order valence-corrected chi connectivity index (χ2v) is 2.98. The highest BCUT2D eigenvalue weighted by molar-refractivity contribution is 7.16. The van der Waals surface area contributed by atoms with Crippen LogP contribution in [-0.2, 0) is 0 Å². The Kier molecular flexibility index (Phi) is 1.40. The number of fused-ring (bicyclic) bond motifs is 1. The van der Waals surface area contributed by atoms with Crippen LogP contribution < -0.4 is 0 Å². The molecule has 0 saturated carbocycles. The predicted molar refractivity (Wildman–Crippen MR) is 45.1 cm³/mol. The molecule has 0 radical (unpaired) electrons. The highest BCUT2D eigenvalue weighted by Crippen LogP contribution is 2.22. The number of thiazole rings is 1. The fraction of sp³-hybridized carbons (Fsp3) is 0. The molecule has 0 amide bonds. The Bertz CT molecular complexity index is 396. The summed E-state index contributed by atoms with van der Waals surface area (Å²) in [6, 6.07) is 5.19. The van der Waals surface area contributed by atoms with E-state index in [1.54, 1.807) is 23.7 Å². The number of benzene rings is 1. The molecule has 0 spiro atoms. The molecule has 54 valence electrons. The van der Waals surface area contributed by atoms with Crippen LogP contribution in [0.5, 0.6) is 0 Å². The highest BCUT2D eigenvalue weighted by atomic mass is 32.1. The van der Waals surface area contributed by atoms with Crippen molar-refractivity contribution in [1.82, 2.24) is 4.98 Å². The van der Waals surface area contributed by atoms with E-state index >= 15 is 0 Å². The smallest absolute Gasteiger partial charge is 0.109 e. The van der Waals surface area contributed by atoms with E-state index in [1.807, 2.05) is 0 Å². The molecule has 11 heavy (non-hydrogen) atoms. The molecule has 2 aromatic rings. The first kappa shape index (κ1) is 6.42. The van der Waals surface area contributed by atoms with Crippen molar-refractivity contribution in [3.05, 3.63) is 28.6 Å². The van der Waals surface area contributed by atoms with Gasteiger partial charge in [-0.15, -0.1) is 16.2 Å². The number of nitrogens with zero attached hydrogens (tertiary/aromatic N) is 2. The lowest BCUT2D eigenvalue weighted by molar-refractivity contribution is 1.48. The molecule has 0 aliphatic heterocycles. The van der Waals surface area contributed by atoms with Gasteiger partial charge in [-0.05, 0) is 23.4 Å². The lowest BCUT2D eigenvalue weighted by Gasteiger charge is -1.86. The topological polar surface area (TPSA) is 42.3 Å². The van der Waals surface area contributed by atoms with Crippen LogP contribution in [0.4, 0.5) is 5.69 Å². The first-order valence-electron chi connectivity index (χ1n) is 3.07. The molecule has 0 bridgehead atoms. The van der Waals surface area contributed by atoms with E-state index in [0.717, 1.165) is 10.2 Å². The number of hydrogen-bond acceptors (Lipinski definition) is 4. The molecular formula is C7H4N2OS. The molecule has 3 nitrogen and oxygen atoms in total. The molecule has 0 N–H and O–H groups in total. The van der Waals surface area contributed by atoms with E-state index in [9.17, 15) is 4.91 Å². The molecule has 1 heterocycles. The second kappa shape index (κ2) is 2.39. The largest absolute Gasteiger partial charge is 0.245 e. The summed E-state index contributed by atoms with van der Waals surface area (Å²) in [7, 11) is 0. The molecule has 0 unspecified atom stereocenters. The predicted octanol–water partition coefficient (Wildman–Crippen LogP) is 2.69. The Labute approximate surface area is 66.7 Å². The van der Waals surface area contributed by atoms with Crippen LogP contribution in [-0.4, -0.2) is 4.98 Å². The van der Waals surface area contributed by atoms with Crippen molar-refractivity contribution in [2.75, 3.05) is 0 Å². The van der Waals surface area contributed by atoms with Gasteiger partial charge in [0.15, 0.2) is 0 Å². The lowest BCUT2D eigenvalue weighted by Crippen LogP contribution is -1.64. The average molecular weight is 164 g/mol. The summed E-state index contributed by atoms with van der Waals surface area (Å²) in [5.74, 6) is 0. The maximum Gasteiger partial charge on any atom is 0.109 e. The van der Waals surface area contributed by atoms with Crippen LogP contribution in [0.1, 0.15) is 0 Å². The van der Waals surface area contributed by atoms with Gasteiger partial charge in [0, 0.05) is 0 Å². The summed E-state index contributed by atoms with van der Waals surface area (Å²) in [6.45, 7) is 0. The van der Waals surface area contributed by atoms with Gasteiger partial charge in [-0.1, -0.05) is 0 Å². The Morgan fingerprint density at radius 3 is 3.18 bits per heavy atom. The minimum Gasteiger partial charge on any atom is -0.245 e. The van der Waals surface area contributed by atoms with E-state index < -0.39 is 0 Å². The first-order valence-corrected chi connectivity index (χ1v) is 3.95. The van der Waals surface area contributed by atoms with Gasteiger partial charge in [-0.2, -0.15) is 0 Å². The second-order valence-electron chi connectivity index (χ2n) is 2.10. The van der Waals surface area contributed by atoms with Gasteiger partial charge in [-0.3, -0.25) is 0 Å². The average Bonchev–Trinajstić information content (AvgIpc) is 2.50. The SMILES string of the molecule is O=Nc1ccc2ncsc2c1. The minimum atomic E-state index is 0.460. The third kappa shape index (κ3) is 1.01. The highest BCUT2D eigenvalue weighted by Gasteiger charge is 1.97. The Morgan fingerprint density at radius 1 is 1.45 bits per heavy atom. The monoisotopic (exact) mass is 164 g/mol. The Balaban J connectivity index is 2.76. The molecule has 0 saturated heterocycles. The van der Waals surface area contributed by atoms with Crippen LogP contribution in [0.25, 0.3) is 10.2 Å². The van der Waals surface area contributed by atoms with Crippen molar-refractivity contribution in [3.63, 3.8) is 0 Å². The summed E-state index contributed by atoms with van der Waals surface area (Å²) in [5, 5.41) is 2.83. The van der Waals surface area contributed by atoms with Crippen LogP contribution in [0.15, 0.2) is 28.9 Å². The van der Waals surface area contributed by atoms with Gasteiger partial charge in [-0.25, -0.2) is 4.98 Å². The molecule has 0 fully saturated rings. The van der Waals surface area contributed by atoms with Crippen molar-refractivity contribution in [1.29, 1.82) is 0 Å². The van der Waals surface area contributed by atoms with Crippen LogP contribution >= 0.6 is 11.3 Å². The minimum absolute atomic E-state index is 0.460. The van der Waals surface area contributed by atoms with E-state index in [2.05, 4.69) is 10.2 Å². The molecule has 0 atom stereocenters. The molecule has 1 aromatic heterocycles. The summed E-state index contributed by atoms with van der Waals surface area (Å²) >= 11 is 1.51. The van der Waals surface area contributed by atoms with Crippen molar-refractivity contribution < 1.29 is 0 Å². The van der Waals surface area contributed by atoms with Crippen molar-refractivity contribution >= 4 is 27.2 Å². The Hall–Kier alpha value is -1.29. The fourth-order valence-corrected chi connectivity index (χ4v) is 1.61. The van der Waals surface area contributed by atoms with Crippen molar-refractivity contribution in [3.8, 4) is 0 Å². The van der Waals surface area contributed by atoms with Gasteiger partial charge in [0.2, 0.25) is 0 Å². The number of rotatable bonds is 1. The van der Waals surface area contributed by atoms with Crippen molar-refractivity contribution in [2.45, 2.75) is 0 Å². The van der Waals surface area contributed by atoms with E-state index in [1.165, 1.54) is 11.3 Å². The summed E-state index contributed by atoms with van der Waals surface area (Å²) in [6.07, 6.45) is 0. The molecular weight excluding hydrogens is 160 g/mol.